The molecule has 3 atom stereocenters. The zero-order valence-corrected chi connectivity index (χ0v) is 29.3. The number of benzene rings is 1. The number of unbranched alkanes of at least 4 members (excludes halogenated alkanes) is 3. The predicted octanol–water partition coefficient (Wildman–Crippen LogP) is 3.62. The number of nitrogens with one attached hydrogen (secondary N) is 3. The molecule has 49 heavy (non-hydrogen) atoms. The Morgan fingerprint density at radius 1 is 1.10 bits per heavy atom. The highest BCUT2D eigenvalue weighted by Crippen LogP contribution is 2.38. The maximum Gasteiger partial charge on any atom is 0.408 e. The fraction of sp³-hybridized carbons (Fsp3) is 0.636. The van der Waals surface area contributed by atoms with Gasteiger partial charge in [-0.25, -0.2) is 13.2 Å². The van der Waals surface area contributed by atoms with Crippen molar-refractivity contribution in [2.45, 2.75) is 126 Å². The Bertz CT molecular complexity index is 1530. The van der Waals surface area contributed by atoms with Gasteiger partial charge in [0, 0.05) is 18.6 Å². The van der Waals surface area contributed by atoms with Crippen LogP contribution in [-0.4, -0.2) is 83.2 Å². The van der Waals surface area contributed by atoms with Gasteiger partial charge < -0.3 is 25.0 Å². The van der Waals surface area contributed by atoms with Gasteiger partial charge in [0.2, 0.25) is 21.8 Å². The van der Waals surface area contributed by atoms with Crippen LogP contribution in [-0.2, 0) is 29.1 Å². The van der Waals surface area contributed by atoms with E-state index >= 15 is 0 Å². The maximum atomic E-state index is 14.2. The number of carbonyl (C=O) groups is 4. The van der Waals surface area contributed by atoms with E-state index in [2.05, 4.69) is 15.4 Å². The molecule has 1 aromatic carbocycles. The number of amides is 4. The third-order valence-electron chi connectivity index (χ3n) is 8.53. The normalized spacial score (nSPS) is 20.7. The van der Waals surface area contributed by atoms with E-state index in [0.717, 1.165) is 19.3 Å². The van der Waals surface area contributed by atoms with Gasteiger partial charge in [0.05, 0.1) is 16.7 Å². The van der Waals surface area contributed by atoms with Gasteiger partial charge in [-0.05, 0) is 84.8 Å². The SMILES string of the molecule is C/C=C\CCCCC[C@H](NC(=O)OC(C)(C)C)C(=O)N1C[C@H](Oc2ccc([N+](=O)[O-])cc2)C[C@H]1C(=O)NC1(C(=O)NS(=O)(=O)C2CC2)CC1. The number of hydrogen-bond acceptors (Lipinski definition) is 10. The van der Waals surface area contributed by atoms with Gasteiger partial charge in [0.25, 0.3) is 11.6 Å². The van der Waals surface area contributed by atoms with Gasteiger partial charge in [-0.3, -0.25) is 29.2 Å². The third-order valence-corrected chi connectivity index (χ3v) is 10.4. The van der Waals surface area contributed by atoms with Gasteiger partial charge in [-0.15, -0.1) is 0 Å². The van der Waals surface area contributed by atoms with Crippen LogP contribution in [0.2, 0.25) is 0 Å². The Kier molecular flexibility index (Phi) is 11.9. The van der Waals surface area contributed by atoms with Crippen molar-refractivity contribution in [1.82, 2.24) is 20.3 Å². The van der Waals surface area contributed by atoms with Crippen molar-refractivity contribution in [2.75, 3.05) is 6.54 Å². The number of non-ortho nitro benzene ring substituents is 1. The lowest BCUT2D eigenvalue weighted by Gasteiger charge is -2.30. The van der Waals surface area contributed by atoms with Crippen LogP contribution >= 0.6 is 0 Å². The van der Waals surface area contributed by atoms with Crippen LogP contribution in [0, 0.1) is 10.1 Å². The molecule has 1 heterocycles. The van der Waals surface area contributed by atoms with Gasteiger partial charge in [-0.1, -0.05) is 25.0 Å². The average molecular weight is 706 g/mol. The topological polar surface area (TPSA) is 203 Å². The van der Waals surface area contributed by atoms with Gasteiger partial charge >= 0.3 is 6.09 Å². The second-order valence-corrected chi connectivity index (χ2v) is 15.8. The fourth-order valence-electron chi connectivity index (χ4n) is 5.62. The molecule has 4 rings (SSSR count). The van der Waals surface area contributed by atoms with Crippen LogP contribution in [0.1, 0.15) is 91.9 Å². The number of nitro benzene ring substituents is 1. The lowest BCUT2D eigenvalue weighted by atomic mass is 10.0. The van der Waals surface area contributed by atoms with E-state index in [4.69, 9.17) is 9.47 Å². The molecule has 0 radical (unpaired) electrons. The van der Waals surface area contributed by atoms with Crippen molar-refractivity contribution >= 4 is 39.5 Å². The van der Waals surface area contributed by atoms with E-state index in [9.17, 15) is 37.7 Å². The summed E-state index contributed by atoms with van der Waals surface area (Å²) in [6, 6.07) is 3.23. The van der Waals surface area contributed by atoms with E-state index in [1.54, 1.807) is 20.8 Å². The van der Waals surface area contributed by atoms with Crippen molar-refractivity contribution in [2.24, 2.45) is 0 Å². The Morgan fingerprint density at radius 3 is 2.35 bits per heavy atom. The minimum atomic E-state index is -3.85. The molecule has 3 aliphatic rings. The van der Waals surface area contributed by atoms with E-state index in [1.165, 1.54) is 29.2 Å². The molecule has 4 amide bonds. The molecular weight excluding hydrogens is 658 g/mol. The molecule has 1 aromatic rings. The molecule has 3 fully saturated rings. The summed E-state index contributed by atoms with van der Waals surface area (Å²) < 4.78 is 38.5. The molecule has 0 unspecified atom stereocenters. The molecule has 2 saturated carbocycles. The lowest BCUT2D eigenvalue weighted by molar-refractivity contribution is -0.384. The quantitative estimate of drug-likeness (QED) is 0.0987. The van der Waals surface area contributed by atoms with E-state index in [0.29, 0.717) is 19.3 Å². The summed E-state index contributed by atoms with van der Waals surface area (Å²) in [6.45, 7) is 6.98. The van der Waals surface area contributed by atoms with E-state index < -0.39 is 73.3 Å². The Labute approximate surface area is 286 Å². The first-order valence-corrected chi connectivity index (χ1v) is 18.3. The van der Waals surface area contributed by atoms with E-state index in [1.807, 2.05) is 19.1 Å². The number of alkyl carbamates (subject to hydrolysis) is 1. The van der Waals surface area contributed by atoms with Crippen molar-refractivity contribution in [3.8, 4) is 5.75 Å². The summed E-state index contributed by atoms with van der Waals surface area (Å²) >= 11 is 0. The predicted molar refractivity (Wildman–Crippen MR) is 179 cm³/mol. The van der Waals surface area contributed by atoms with Crippen molar-refractivity contribution in [3.05, 3.63) is 46.5 Å². The van der Waals surface area contributed by atoms with E-state index in [-0.39, 0.29) is 43.7 Å². The summed E-state index contributed by atoms with van der Waals surface area (Å²) in [6.07, 6.45) is 7.34. The smallest absolute Gasteiger partial charge is 0.408 e. The summed E-state index contributed by atoms with van der Waals surface area (Å²) in [5.41, 5.74) is -2.38. The molecule has 270 valence electrons. The lowest BCUT2D eigenvalue weighted by Crippen LogP contribution is -2.57. The summed E-state index contributed by atoms with van der Waals surface area (Å²) in [5.74, 6) is -1.73. The standard InChI is InChI=1S/C33H47N5O10S/c1-5-6-7-8-9-10-11-26(34-31(42)48-32(2,3)4)29(40)37-21-24(47-23-14-12-22(13-15-23)38(43)44)20-27(37)28(39)35-33(18-19-33)30(41)36-49(45,46)25-16-17-25/h5-6,12-15,24-27H,7-11,16-21H2,1-4H3,(H,34,42)(H,35,39)(H,36,41)/b6-5-/t24-,26+,27+/m1/s1. The summed E-state index contributed by atoms with van der Waals surface area (Å²) in [5, 5.41) is 15.9. The zero-order chi connectivity index (χ0) is 36.0. The van der Waals surface area contributed by atoms with Gasteiger partial charge in [-0.2, -0.15) is 0 Å². The number of nitrogens with zero attached hydrogens (tertiary/aromatic N) is 2. The maximum absolute atomic E-state index is 14.2. The first-order valence-electron chi connectivity index (χ1n) is 16.7. The minimum absolute atomic E-state index is 0.00907. The molecule has 0 aromatic heterocycles. The number of ether oxygens (including phenoxy) is 2. The van der Waals surface area contributed by atoms with Crippen molar-refractivity contribution in [3.63, 3.8) is 0 Å². The Morgan fingerprint density at radius 2 is 1.78 bits per heavy atom. The van der Waals surface area contributed by atoms with Crippen molar-refractivity contribution in [1.29, 1.82) is 0 Å². The van der Waals surface area contributed by atoms with Gasteiger partial charge in [0.15, 0.2) is 0 Å². The number of likely N-dealkylation sites (tertiary alicyclic amines) is 1. The van der Waals surface area contributed by atoms with Crippen LogP contribution in [0.4, 0.5) is 10.5 Å². The first kappa shape index (κ1) is 37.6. The number of carbonyl (C=O) groups excluding carboxylic acids is 4. The molecule has 1 saturated heterocycles. The van der Waals surface area contributed by atoms with Crippen LogP contribution < -0.4 is 20.1 Å². The number of nitro groups is 1. The average Bonchev–Trinajstić information content (AvgIpc) is 3.95. The highest BCUT2D eigenvalue weighted by molar-refractivity contribution is 7.91. The summed E-state index contributed by atoms with van der Waals surface area (Å²) in [4.78, 5) is 65.8. The molecule has 0 bridgehead atoms. The van der Waals surface area contributed by atoms with Gasteiger partial charge in [0.1, 0.15) is 35.1 Å². The first-order chi connectivity index (χ1) is 23.0. The Hall–Kier alpha value is -4.21. The zero-order valence-electron chi connectivity index (χ0n) is 28.4. The number of hydrogen-bond donors (Lipinski definition) is 3. The number of allylic oxidation sites excluding steroid dienone is 2. The second-order valence-electron chi connectivity index (χ2n) is 13.9. The highest BCUT2D eigenvalue weighted by Gasteiger charge is 2.55. The molecular formula is C33H47N5O10S. The van der Waals surface area contributed by atoms with Crippen LogP contribution in [0.3, 0.4) is 0 Å². The Balaban J connectivity index is 1.54. The monoisotopic (exact) mass is 705 g/mol. The van der Waals surface area contributed by atoms with Crippen LogP contribution in [0.25, 0.3) is 0 Å². The fourth-order valence-corrected chi connectivity index (χ4v) is 6.99. The largest absolute Gasteiger partial charge is 0.488 e. The molecule has 0 spiro atoms. The molecule has 3 N–H and O–H groups in total. The minimum Gasteiger partial charge on any atom is -0.488 e. The van der Waals surface area contributed by atoms with Crippen LogP contribution in [0.15, 0.2) is 36.4 Å². The molecule has 16 heteroatoms. The third kappa shape index (κ3) is 10.6. The number of rotatable bonds is 16. The molecule has 2 aliphatic carbocycles. The molecule has 1 aliphatic heterocycles. The van der Waals surface area contributed by atoms with Crippen LogP contribution in [0.5, 0.6) is 5.75 Å². The molecule has 15 nitrogen and oxygen atoms in total. The number of sulfonamides is 1. The van der Waals surface area contributed by atoms with Crippen molar-refractivity contribution < 1.29 is 42.0 Å². The highest BCUT2D eigenvalue weighted by atomic mass is 32.2. The second kappa shape index (κ2) is 15.6. The summed E-state index contributed by atoms with van der Waals surface area (Å²) in [7, 11) is -3.85.